The molecule has 1 aromatic carbocycles. The van der Waals surface area contributed by atoms with Gasteiger partial charge >= 0.3 is 0 Å². The van der Waals surface area contributed by atoms with Gasteiger partial charge in [0, 0.05) is 31.5 Å². The lowest BCUT2D eigenvalue weighted by Crippen LogP contribution is -2.32. The molecule has 1 fully saturated rings. The molecule has 1 aliphatic rings. The van der Waals surface area contributed by atoms with E-state index in [0.717, 1.165) is 24.1 Å². The van der Waals surface area contributed by atoms with Crippen LogP contribution in [0, 0.1) is 0 Å². The minimum absolute atomic E-state index is 0.0532. The van der Waals surface area contributed by atoms with Crippen LogP contribution in [0.1, 0.15) is 28.8 Å². The largest absolute Gasteiger partial charge is 0.399 e. The zero-order valence-electron chi connectivity index (χ0n) is 11.5. The van der Waals surface area contributed by atoms with Crippen LogP contribution in [0.2, 0.25) is 0 Å². The van der Waals surface area contributed by atoms with Gasteiger partial charge in [-0.05, 0) is 30.5 Å². The Balaban J connectivity index is 1.79. The van der Waals surface area contributed by atoms with Crippen molar-refractivity contribution in [2.24, 2.45) is 7.05 Å². The van der Waals surface area contributed by atoms with Gasteiger partial charge in [-0.1, -0.05) is 12.1 Å². The molecular formula is C15H18N4O. The molecule has 0 radical (unpaired) electrons. The predicted octanol–water partition coefficient (Wildman–Crippen LogP) is 1.81. The van der Waals surface area contributed by atoms with E-state index in [4.69, 9.17) is 5.73 Å². The number of rotatable bonds is 4. The number of aromatic nitrogens is 2. The maximum absolute atomic E-state index is 12.6. The molecule has 3 rings (SSSR count). The number of nitrogen functional groups attached to an aromatic ring is 1. The van der Waals surface area contributed by atoms with E-state index in [0.29, 0.717) is 18.2 Å². The lowest BCUT2D eigenvalue weighted by atomic mass is 10.2. The summed E-state index contributed by atoms with van der Waals surface area (Å²) in [7, 11) is 1.82. The van der Waals surface area contributed by atoms with Gasteiger partial charge < -0.3 is 10.6 Å². The molecule has 0 unspecified atom stereocenters. The van der Waals surface area contributed by atoms with E-state index in [1.54, 1.807) is 17.1 Å². The van der Waals surface area contributed by atoms with Crippen molar-refractivity contribution in [1.29, 1.82) is 0 Å². The second-order valence-corrected chi connectivity index (χ2v) is 5.31. The lowest BCUT2D eigenvalue weighted by molar-refractivity contribution is 0.0730. The van der Waals surface area contributed by atoms with Crippen molar-refractivity contribution >= 4 is 11.6 Å². The molecule has 5 nitrogen and oxygen atoms in total. The summed E-state index contributed by atoms with van der Waals surface area (Å²) in [5.41, 5.74) is 8.18. The Morgan fingerprint density at radius 3 is 2.65 bits per heavy atom. The fourth-order valence-electron chi connectivity index (χ4n) is 2.27. The van der Waals surface area contributed by atoms with Gasteiger partial charge in [-0.2, -0.15) is 5.10 Å². The minimum Gasteiger partial charge on any atom is -0.399 e. The van der Waals surface area contributed by atoms with Crippen LogP contribution in [0.25, 0.3) is 0 Å². The van der Waals surface area contributed by atoms with Crippen LogP contribution < -0.4 is 5.73 Å². The van der Waals surface area contributed by atoms with Gasteiger partial charge in [0.15, 0.2) is 0 Å². The van der Waals surface area contributed by atoms with E-state index in [1.807, 2.05) is 36.2 Å². The summed E-state index contributed by atoms with van der Waals surface area (Å²) in [5, 5.41) is 4.07. The molecule has 5 heteroatoms. The Morgan fingerprint density at radius 2 is 2.10 bits per heavy atom. The number of hydrogen-bond donors (Lipinski definition) is 1. The molecule has 0 aliphatic heterocycles. The van der Waals surface area contributed by atoms with Crippen molar-refractivity contribution in [2.45, 2.75) is 25.4 Å². The van der Waals surface area contributed by atoms with Crippen molar-refractivity contribution in [3.63, 3.8) is 0 Å². The van der Waals surface area contributed by atoms with Crippen LogP contribution in [0.15, 0.2) is 36.7 Å². The van der Waals surface area contributed by atoms with Crippen LogP contribution in [0.3, 0.4) is 0 Å². The predicted molar refractivity (Wildman–Crippen MR) is 77.0 cm³/mol. The molecule has 1 aliphatic carbocycles. The van der Waals surface area contributed by atoms with Gasteiger partial charge in [0.05, 0.1) is 11.8 Å². The van der Waals surface area contributed by atoms with E-state index in [9.17, 15) is 4.79 Å². The average Bonchev–Trinajstić information content (AvgIpc) is 3.19. The number of anilines is 1. The minimum atomic E-state index is 0.0532. The molecule has 104 valence electrons. The molecule has 2 aromatic rings. The fourth-order valence-corrected chi connectivity index (χ4v) is 2.27. The highest BCUT2D eigenvalue weighted by molar-refractivity contribution is 5.94. The number of amides is 1. The van der Waals surface area contributed by atoms with Gasteiger partial charge in [0.25, 0.3) is 5.91 Å². The van der Waals surface area contributed by atoms with Crippen LogP contribution >= 0.6 is 0 Å². The maximum Gasteiger partial charge on any atom is 0.257 e. The van der Waals surface area contributed by atoms with Gasteiger partial charge in [-0.15, -0.1) is 0 Å². The Hall–Kier alpha value is -2.30. The third kappa shape index (κ3) is 2.66. The summed E-state index contributed by atoms with van der Waals surface area (Å²) >= 11 is 0. The standard InChI is InChI=1S/C15H18N4O/c1-18-10-12(8-17-18)15(20)19(14-6-7-14)9-11-2-4-13(16)5-3-11/h2-5,8,10,14H,6-7,9,16H2,1H3. The van der Waals surface area contributed by atoms with E-state index in [-0.39, 0.29) is 5.91 Å². The zero-order valence-corrected chi connectivity index (χ0v) is 11.5. The van der Waals surface area contributed by atoms with Gasteiger partial charge in [-0.3, -0.25) is 9.48 Å². The zero-order chi connectivity index (χ0) is 14.1. The highest BCUT2D eigenvalue weighted by Gasteiger charge is 2.33. The first-order valence-corrected chi connectivity index (χ1v) is 6.77. The molecule has 2 N–H and O–H groups in total. The summed E-state index contributed by atoms with van der Waals surface area (Å²) < 4.78 is 1.65. The topological polar surface area (TPSA) is 64.2 Å². The molecule has 1 amide bonds. The van der Waals surface area contributed by atoms with E-state index in [1.165, 1.54) is 0 Å². The first-order valence-electron chi connectivity index (χ1n) is 6.77. The van der Waals surface area contributed by atoms with Crippen molar-refractivity contribution in [2.75, 3.05) is 5.73 Å². The number of nitrogens with zero attached hydrogens (tertiary/aromatic N) is 3. The molecule has 1 saturated carbocycles. The van der Waals surface area contributed by atoms with E-state index >= 15 is 0 Å². The Morgan fingerprint density at radius 1 is 1.40 bits per heavy atom. The summed E-state index contributed by atoms with van der Waals surface area (Å²) in [4.78, 5) is 14.5. The smallest absolute Gasteiger partial charge is 0.257 e. The van der Waals surface area contributed by atoms with Crippen LogP contribution in [0.4, 0.5) is 5.69 Å². The van der Waals surface area contributed by atoms with Crippen molar-refractivity contribution in [3.8, 4) is 0 Å². The lowest BCUT2D eigenvalue weighted by Gasteiger charge is -2.22. The maximum atomic E-state index is 12.6. The molecule has 1 aromatic heterocycles. The second-order valence-electron chi connectivity index (χ2n) is 5.31. The Labute approximate surface area is 118 Å². The van der Waals surface area contributed by atoms with Gasteiger partial charge in [0.2, 0.25) is 0 Å². The third-order valence-corrected chi connectivity index (χ3v) is 3.53. The van der Waals surface area contributed by atoms with E-state index in [2.05, 4.69) is 5.10 Å². The molecular weight excluding hydrogens is 252 g/mol. The Bertz CT molecular complexity index is 613. The van der Waals surface area contributed by atoms with Crippen molar-refractivity contribution in [3.05, 3.63) is 47.8 Å². The van der Waals surface area contributed by atoms with Gasteiger partial charge in [-0.25, -0.2) is 0 Å². The van der Waals surface area contributed by atoms with Crippen LogP contribution in [-0.4, -0.2) is 26.6 Å². The fraction of sp³-hybridized carbons (Fsp3) is 0.333. The monoisotopic (exact) mass is 270 g/mol. The number of benzene rings is 1. The molecule has 0 spiro atoms. The Kier molecular flexibility index (Phi) is 3.18. The molecule has 0 saturated heterocycles. The summed E-state index contributed by atoms with van der Waals surface area (Å²) in [6.45, 7) is 0.624. The quantitative estimate of drug-likeness (QED) is 0.862. The third-order valence-electron chi connectivity index (χ3n) is 3.53. The van der Waals surface area contributed by atoms with Crippen molar-refractivity contribution < 1.29 is 4.79 Å². The van der Waals surface area contributed by atoms with E-state index < -0.39 is 0 Å². The SMILES string of the molecule is Cn1cc(C(=O)N(Cc2ccc(N)cc2)C2CC2)cn1. The highest BCUT2D eigenvalue weighted by atomic mass is 16.2. The first kappa shape index (κ1) is 12.7. The second kappa shape index (κ2) is 5.00. The highest BCUT2D eigenvalue weighted by Crippen LogP contribution is 2.29. The number of aryl methyl sites for hydroxylation is 1. The number of hydrogen-bond acceptors (Lipinski definition) is 3. The normalized spacial score (nSPS) is 14.2. The summed E-state index contributed by atoms with van der Waals surface area (Å²) in [5.74, 6) is 0.0532. The first-order chi connectivity index (χ1) is 9.63. The van der Waals surface area contributed by atoms with Crippen LogP contribution in [0.5, 0.6) is 0 Å². The average molecular weight is 270 g/mol. The number of carbonyl (C=O) groups excluding carboxylic acids is 1. The summed E-state index contributed by atoms with van der Waals surface area (Å²) in [6, 6.07) is 8.05. The van der Waals surface area contributed by atoms with Crippen LogP contribution in [-0.2, 0) is 13.6 Å². The number of nitrogens with two attached hydrogens (primary N) is 1. The molecule has 1 heterocycles. The summed E-state index contributed by atoms with van der Waals surface area (Å²) in [6.07, 6.45) is 5.56. The van der Waals surface area contributed by atoms with Crippen molar-refractivity contribution in [1.82, 2.24) is 14.7 Å². The van der Waals surface area contributed by atoms with Gasteiger partial charge in [0.1, 0.15) is 0 Å². The molecule has 20 heavy (non-hydrogen) atoms. The molecule has 0 bridgehead atoms. The molecule has 0 atom stereocenters. The number of carbonyl (C=O) groups is 1.